The van der Waals surface area contributed by atoms with Crippen LogP contribution in [0.3, 0.4) is 0 Å². The summed E-state index contributed by atoms with van der Waals surface area (Å²) in [6.45, 7) is 1.54. The molecule has 2 N–H and O–H groups in total. The summed E-state index contributed by atoms with van der Waals surface area (Å²) >= 11 is 0. The smallest absolute Gasteiger partial charge is 0.416 e. The van der Waals surface area contributed by atoms with Crippen LogP contribution in [-0.2, 0) is 12.7 Å². The van der Waals surface area contributed by atoms with Gasteiger partial charge in [-0.15, -0.1) is 10.2 Å². The minimum atomic E-state index is -4.36. The second-order valence-corrected chi connectivity index (χ2v) is 7.41. The lowest BCUT2D eigenvalue weighted by molar-refractivity contribution is -0.137. The number of alkyl halides is 3. The van der Waals surface area contributed by atoms with E-state index in [1.807, 2.05) is 25.2 Å². The quantitative estimate of drug-likeness (QED) is 0.673. The Morgan fingerprint density at radius 1 is 1.03 bits per heavy atom. The predicted molar refractivity (Wildman–Crippen MR) is 108 cm³/mol. The average Bonchev–Trinajstić information content (AvgIpc) is 2.86. The van der Waals surface area contributed by atoms with Gasteiger partial charge in [0.2, 0.25) is 0 Å². The first-order valence-corrected chi connectivity index (χ1v) is 9.54. The van der Waals surface area contributed by atoms with E-state index in [-0.39, 0.29) is 6.10 Å². The molecule has 3 aromatic rings. The van der Waals surface area contributed by atoms with Crippen LogP contribution in [0.5, 0.6) is 5.75 Å². The van der Waals surface area contributed by atoms with E-state index >= 15 is 0 Å². The molecule has 0 saturated heterocycles. The maximum absolute atomic E-state index is 12.8. The summed E-state index contributed by atoms with van der Waals surface area (Å²) in [7, 11) is 2.03. The lowest BCUT2D eigenvalue weighted by atomic mass is 9.97. The minimum Gasteiger partial charge on any atom is -0.486 e. The number of nitrogens with zero attached hydrogens (tertiary/aromatic N) is 3. The summed E-state index contributed by atoms with van der Waals surface area (Å²) in [5, 5.41) is 8.05. The van der Waals surface area contributed by atoms with E-state index < -0.39 is 11.7 Å². The maximum atomic E-state index is 12.8. The Hall–Kier alpha value is -3.13. The highest BCUT2D eigenvalue weighted by molar-refractivity contribution is 5.61. The molecule has 5 nitrogen and oxygen atoms in total. The van der Waals surface area contributed by atoms with Crippen molar-refractivity contribution in [1.29, 1.82) is 0 Å². The highest BCUT2D eigenvalue weighted by atomic mass is 19.4. The Kier molecular flexibility index (Phi) is 5.34. The molecule has 4 rings (SSSR count). The first-order chi connectivity index (χ1) is 14.3. The third-order valence-corrected chi connectivity index (χ3v) is 5.14. The van der Waals surface area contributed by atoms with E-state index in [9.17, 15) is 13.2 Å². The molecule has 0 fully saturated rings. The molecule has 2 heterocycles. The van der Waals surface area contributed by atoms with Gasteiger partial charge in [-0.2, -0.15) is 13.2 Å². The van der Waals surface area contributed by atoms with Crippen molar-refractivity contribution in [3.05, 3.63) is 71.3 Å². The van der Waals surface area contributed by atoms with Crippen molar-refractivity contribution in [2.45, 2.75) is 25.2 Å². The fourth-order valence-electron chi connectivity index (χ4n) is 3.58. The Balaban J connectivity index is 1.62. The van der Waals surface area contributed by atoms with Crippen molar-refractivity contribution in [1.82, 2.24) is 15.1 Å². The number of benzene rings is 2. The molecule has 0 aliphatic carbocycles. The second kappa shape index (κ2) is 7.95. The number of hydrogen-bond acceptors (Lipinski definition) is 5. The summed E-state index contributed by atoms with van der Waals surface area (Å²) in [6.07, 6.45) is -3.89. The van der Waals surface area contributed by atoms with Gasteiger partial charge in [-0.1, -0.05) is 12.1 Å². The largest absolute Gasteiger partial charge is 0.486 e. The van der Waals surface area contributed by atoms with Crippen LogP contribution in [0.25, 0.3) is 11.3 Å². The topological polar surface area (TPSA) is 64.3 Å². The molecule has 2 aromatic carbocycles. The first kappa shape index (κ1) is 20.2. The summed E-state index contributed by atoms with van der Waals surface area (Å²) in [5.41, 5.74) is 8.68. The van der Waals surface area contributed by atoms with Gasteiger partial charge in [-0.3, -0.25) is 0 Å². The van der Waals surface area contributed by atoms with Crippen LogP contribution in [0.4, 0.5) is 19.0 Å². The number of aromatic nitrogens is 2. The molecule has 1 unspecified atom stereocenters. The van der Waals surface area contributed by atoms with E-state index in [1.54, 1.807) is 6.07 Å². The molecule has 156 valence electrons. The zero-order chi connectivity index (χ0) is 21.3. The van der Waals surface area contributed by atoms with Gasteiger partial charge in [-0.05, 0) is 60.6 Å². The summed E-state index contributed by atoms with van der Waals surface area (Å²) < 4.78 is 44.5. The van der Waals surface area contributed by atoms with Crippen molar-refractivity contribution < 1.29 is 17.9 Å². The SMILES string of the molecule is CN1CCC(Oc2ccc(C(F)(F)F)cc2)c2ccc(-c3ccc(N)nn3)cc2C1. The molecule has 0 radical (unpaired) electrons. The molecular weight excluding hydrogens is 393 g/mol. The third kappa shape index (κ3) is 4.38. The van der Waals surface area contributed by atoms with E-state index in [2.05, 4.69) is 21.2 Å². The number of nitrogen functional groups attached to an aromatic ring is 1. The predicted octanol–water partition coefficient (Wildman–Crippen LogP) is 4.70. The van der Waals surface area contributed by atoms with Gasteiger partial charge in [0, 0.05) is 25.1 Å². The fourth-order valence-corrected chi connectivity index (χ4v) is 3.58. The Morgan fingerprint density at radius 3 is 2.47 bits per heavy atom. The van der Waals surface area contributed by atoms with Crippen molar-refractivity contribution in [3.63, 3.8) is 0 Å². The molecule has 0 amide bonds. The molecule has 30 heavy (non-hydrogen) atoms. The minimum absolute atomic E-state index is 0.256. The lowest BCUT2D eigenvalue weighted by Crippen LogP contribution is -2.18. The first-order valence-electron chi connectivity index (χ1n) is 9.54. The normalized spacial score (nSPS) is 17.3. The van der Waals surface area contributed by atoms with Gasteiger partial charge in [0.15, 0.2) is 0 Å². The van der Waals surface area contributed by atoms with Gasteiger partial charge in [0.1, 0.15) is 17.7 Å². The van der Waals surface area contributed by atoms with E-state index in [0.29, 0.717) is 11.6 Å². The van der Waals surface area contributed by atoms with Gasteiger partial charge < -0.3 is 15.4 Å². The number of fused-ring (bicyclic) bond motifs is 1. The van der Waals surface area contributed by atoms with Crippen LogP contribution in [-0.4, -0.2) is 28.7 Å². The molecule has 8 heteroatoms. The van der Waals surface area contributed by atoms with Gasteiger partial charge in [-0.25, -0.2) is 0 Å². The molecule has 1 aliphatic heterocycles. The Morgan fingerprint density at radius 2 is 1.80 bits per heavy atom. The number of anilines is 1. The molecule has 1 atom stereocenters. The highest BCUT2D eigenvalue weighted by Gasteiger charge is 2.30. The van der Waals surface area contributed by atoms with Crippen LogP contribution in [0, 0.1) is 0 Å². The molecule has 1 aromatic heterocycles. The number of nitrogens with two attached hydrogens (primary N) is 1. The van der Waals surface area contributed by atoms with Crippen LogP contribution in [0.2, 0.25) is 0 Å². The zero-order valence-electron chi connectivity index (χ0n) is 16.4. The monoisotopic (exact) mass is 414 g/mol. The van der Waals surface area contributed by atoms with Crippen LogP contribution >= 0.6 is 0 Å². The third-order valence-electron chi connectivity index (χ3n) is 5.14. The van der Waals surface area contributed by atoms with Crippen molar-refractivity contribution in [3.8, 4) is 17.0 Å². The van der Waals surface area contributed by atoms with Gasteiger partial charge in [0.05, 0.1) is 11.3 Å². The lowest BCUT2D eigenvalue weighted by Gasteiger charge is -2.20. The number of rotatable bonds is 3. The van der Waals surface area contributed by atoms with E-state index in [1.165, 1.54) is 12.1 Å². The van der Waals surface area contributed by atoms with Crippen molar-refractivity contribution in [2.24, 2.45) is 0 Å². The Bertz CT molecular complexity index is 1020. The summed E-state index contributed by atoms with van der Waals surface area (Å²) in [6, 6.07) is 14.4. The molecule has 0 bridgehead atoms. The Labute approximate surface area is 172 Å². The molecule has 0 saturated carbocycles. The number of halogens is 3. The zero-order valence-corrected chi connectivity index (χ0v) is 16.4. The van der Waals surface area contributed by atoms with E-state index in [4.69, 9.17) is 10.5 Å². The average molecular weight is 414 g/mol. The van der Waals surface area contributed by atoms with Crippen molar-refractivity contribution >= 4 is 5.82 Å². The number of hydrogen-bond donors (Lipinski definition) is 1. The number of ether oxygens (including phenoxy) is 1. The molecule has 0 spiro atoms. The van der Waals surface area contributed by atoms with E-state index in [0.717, 1.165) is 54.0 Å². The standard InChI is InChI=1S/C22H21F3N4O/c1-29-11-10-20(30-17-5-3-16(4-6-17)22(23,24)25)18-7-2-14(12-15(18)13-29)19-8-9-21(26)28-27-19/h2-9,12,20H,10-11,13H2,1H3,(H2,26,28). The van der Waals surface area contributed by atoms with Gasteiger partial charge >= 0.3 is 6.18 Å². The van der Waals surface area contributed by atoms with Gasteiger partial charge in [0.25, 0.3) is 0 Å². The maximum Gasteiger partial charge on any atom is 0.416 e. The fraction of sp³-hybridized carbons (Fsp3) is 0.273. The van der Waals surface area contributed by atoms with Crippen LogP contribution < -0.4 is 10.5 Å². The summed E-state index contributed by atoms with van der Waals surface area (Å²) in [4.78, 5) is 2.19. The second-order valence-electron chi connectivity index (χ2n) is 7.41. The summed E-state index contributed by atoms with van der Waals surface area (Å²) in [5.74, 6) is 0.773. The van der Waals surface area contributed by atoms with Crippen LogP contribution in [0.15, 0.2) is 54.6 Å². The van der Waals surface area contributed by atoms with Crippen molar-refractivity contribution in [2.75, 3.05) is 19.3 Å². The van der Waals surface area contributed by atoms with Crippen LogP contribution in [0.1, 0.15) is 29.2 Å². The molecular formula is C22H21F3N4O. The highest BCUT2D eigenvalue weighted by Crippen LogP contribution is 2.35. The molecule has 1 aliphatic rings.